The number of hydrogen-bond acceptors (Lipinski definition) is 7. The number of carboxylic acids is 1. The van der Waals surface area contributed by atoms with E-state index in [-0.39, 0.29) is 35.9 Å². The van der Waals surface area contributed by atoms with Gasteiger partial charge in [0.25, 0.3) is 5.91 Å². The Bertz CT molecular complexity index is 1410. The third-order valence-corrected chi connectivity index (χ3v) is 8.12. The lowest BCUT2D eigenvalue weighted by Gasteiger charge is -2.30. The van der Waals surface area contributed by atoms with Gasteiger partial charge in [-0.3, -0.25) is 19.8 Å². The van der Waals surface area contributed by atoms with E-state index in [1.807, 2.05) is 37.2 Å². The number of anilines is 2. The highest BCUT2D eigenvalue weighted by atomic mass is 16.5. The molecule has 0 aliphatic carbocycles. The Labute approximate surface area is 254 Å². The van der Waals surface area contributed by atoms with E-state index in [0.717, 1.165) is 54.2 Å². The molecular weight excluding hydrogens is 546 g/mol. The Hall–Kier alpha value is -4.08. The highest BCUT2D eigenvalue weighted by Gasteiger charge is 2.31. The van der Waals surface area contributed by atoms with E-state index in [0.29, 0.717) is 42.7 Å². The van der Waals surface area contributed by atoms with Crippen molar-refractivity contribution in [1.82, 2.24) is 10.2 Å². The van der Waals surface area contributed by atoms with Crippen molar-refractivity contribution in [3.05, 3.63) is 52.1 Å². The van der Waals surface area contributed by atoms with Gasteiger partial charge in [0.05, 0.1) is 24.4 Å². The molecule has 2 aliphatic heterocycles. The predicted molar refractivity (Wildman–Crippen MR) is 169 cm³/mol. The summed E-state index contributed by atoms with van der Waals surface area (Å²) >= 11 is 0. The van der Waals surface area contributed by atoms with Crippen molar-refractivity contribution >= 4 is 34.9 Å². The molecule has 4 rings (SSSR count). The summed E-state index contributed by atoms with van der Waals surface area (Å²) in [5.74, 6) is -0.121. The second-order valence-corrected chi connectivity index (χ2v) is 12.6. The molecule has 10 heteroatoms. The number of aliphatic carboxylic acids is 1. The number of benzene rings is 2. The van der Waals surface area contributed by atoms with Crippen molar-refractivity contribution in [2.45, 2.75) is 64.8 Å². The minimum absolute atomic E-state index is 0.0402. The van der Waals surface area contributed by atoms with Crippen molar-refractivity contribution in [2.75, 3.05) is 57.2 Å². The van der Waals surface area contributed by atoms with E-state index in [4.69, 9.17) is 15.3 Å². The maximum atomic E-state index is 13.9. The Morgan fingerprint density at radius 1 is 1.07 bits per heavy atom. The number of unbranched alkanes of at least 4 members (excludes halogenated alkanes) is 1. The number of carbonyl (C=O) groups is 3. The summed E-state index contributed by atoms with van der Waals surface area (Å²) in [6.45, 7) is 8.91. The number of rotatable bonds is 12. The lowest BCUT2D eigenvalue weighted by atomic mass is 9.84. The molecule has 2 heterocycles. The molecule has 0 spiro atoms. The molecule has 1 fully saturated rings. The highest BCUT2D eigenvalue weighted by Crippen LogP contribution is 2.42. The molecule has 0 radical (unpaired) electrons. The number of fused-ring (bicyclic) bond motifs is 1. The molecule has 0 bridgehead atoms. The molecule has 232 valence electrons. The van der Waals surface area contributed by atoms with E-state index < -0.39 is 5.97 Å². The second kappa shape index (κ2) is 13.1. The van der Waals surface area contributed by atoms with Gasteiger partial charge in [0.15, 0.2) is 5.78 Å². The predicted octanol–water partition coefficient (Wildman–Crippen LogP) is 4.67. The fourth-order valence-electron chi connectivity index (χ4n) is 5.75. The number of carboxylic acid groups (broad SMARTS) is 1. The van der Waals surface area contributed by atoms with E-state index in [9.17, 15) is 14.4 Å². The van der Waals surface area contributed by atoms with Crippen LogP contribution in [0.2, 0.25) is 0 Å². The van der Waals surface area contributed by atoms with Crippen molar-refractivity contribution in [3.8, 4) is 5.75 Å². The number of hydrogen-bond donors (Lipinski definition) is 3. The molecule has 0 aromatic heterocycles. The third-order valence-electron chi connectivity index (χ3n) is 8.12. The molecule has 0 atom stereocenters. The fraction of sp³-hybridized carbons (Fsp3) is 0.515. The largest absolute Gasteiger partial charge is 0.491 e. The molecule has 0 unspecified atom stereocenters. The van der Waals surface area contributed by atoms with E-state index >= 15 is 0 Å². The van der Waals surface area contributed by atoms with E-state index in [2.05, 4.69) is 31.0 Å². The molecule has 2 aromatic rings. The number of ketones is 1. The number of amidine groups is 1. The molecule has 43 heavy (non-hydrogen) atoms. The summed E-state index contributed by atoms with van der Waals surface area (Å²) in [4.78, 5) is 43.3. The summed E-state index contributed by atoms with van der Waals surface area (Å²) in [5.41, 5.74) is 4.94. The van der Waals surface area contributed by atoms with Gasteiger partial charge in [-0.2, -0.15) is 0 Å². The van der Waals surface area contributed by atoms with Crippen LogP contribution in [-0.2, 0) is 16.8 Å². The molecule has 2 aliphatic rings. The van der Waals surface area contributed by atoms with Crippen LogP contribution in [0.15, 0.2) is 24.3 Å². The van der Waals surface area contributed by atoms with Crippen LogP contribution >= 0.6 is 0 Å². The lowest BCUT2D eigenvalue weighted by Crippen LogP contribution is -2.31. The third kappa shape index (κ3) is 7.12. The quantitative estimate of drug-likeness (QED) is 0.240. The minimum atomic E-state index is -0.810. The van der Waals surface area contributed by atoms with Gasteiger partial charge in [0, 0.05) is 69.6 Å². The summed E-state index contributed by atoms with van der Waals surface area (Å²) in [5, 5.41) is 20.5. The van der Waals surface area contributed by atoms with Crippen molar-refractivity contribution in [3.63, 3.8) is 0 Å². The zero-order valence-corrected chi connectivity index (χ0v) is 26.3. The Morgan fingerprint density at radius 3 is 2.37 bits per heavy atom. The van der Waals surface area contributed by atoms with Gasteiger partial charge in [-0.1, -0.05) is 20.8 Å². The lowest BCUT2D eigenvalue weighted by molar-refractivity contribution is -0.137. The zero-order valence-electron chi connectivity index (χ0n) is 26.3. The standard InChI is InChI=1S/C33H45N5O5/c1-33(2,3)25-15-21(16-27(37-12-8-9-13-37)30(25)43-14-10-7-11-29(40)41)28(39)20-38-19-22-17-26(36(5)6)24(32(42)35-4)18-23(22)31(38)34/h15-18,34H,7-14,19-20H2,1-6H3,(H,35,42)(H,40,41). The van der Waals surface area contributed by atoms with Gasteiger partial charge < -0.3 is 29.9 Å². The van der Waals surface area contributed by atoms with Crippen molar-refractivity contribution < 1.29 is 24.2 Å². The van der Waals surface area contributed by atoms with Crippen molar-refractivity contribution in [1.29, 1.82) is 5.41 Å². The summed E-state index contributed by atoms with van der Waals surface area (Å²) in [7, 11) is 5.34. The summed E-state index contributed by atoms with van der Waals surface area (Å²) in [6.07, 6.45) is 3.42. The van der Waals surface area contributed by atoms with Crippen LogP contribution in [-0.4, -0.2) is 80.9 Å². The number of Topliss-reactive ketones (excluding diaryl/α,β-unsaturated/α-hetero) is 1. The van der Waals surface area contributed by atoms with Crippen LogP contribution in [0.5, 0.6) is 5.75 Å². The van der Waals surface area contributed by atoms with Crippen LogP contribution in [0.4, 0.5) is 11.4 Å². The van der Waals surface area contributed by atoms with Gasteiger partial charge in [-0.25, -0.2) is 0 Å². The first-order valence-electron chi connectivity index (χ1n) is 15.0. The number of ether oxygens (including phenoxy) is 1. The van der Waals surface area contributed by atoms with Crippen LogP contribution in [0.1, 0.15) is 90.3 Å². The molecular formula is C33H45N5O5. The van der Waals surface area contributed by atoms with Crippen LogP contribution in [0.25, 0.3) is 0 Å². The summed E-state index contributed by atoms with van der Waals surface area (Å²) in [6, 6.07) is 7.54. The number of nitrogens with one attached hydrogen (secondary N) is 2. The van der Waals surface area contributed by atoms with Crippen LogP contribution in [0, 0.1) is 5.41 Å². The highest BCUT2D eigenvalue weighted by molar-refractivity contribution is 6.08. The van der Waals surface area contributed by atoms with E-state index in [1.54, 1.807) is 18.0 Å². The van der Waals surface area contributed by atoms with Crippen LogP contribution in [0.3, 0.4) is 0 Å². The smallest absolute Gasteiger partial charge is 0.303 e. The Balaban J connectivity index is 1.63. The van der Waals surface area contributed by atoms with Gasteiger partial charge in [0.1, 0.15) is 11.6 Å². The number of carbonyl (C=O) groups excluding carboxylic acids is 2. The van der Waals surface area contributed by atoms with Gasteiger partial charge >= 0.3 is 5.97 Å². The molecule has 10 nitrogen and oxygen atoms in total. The molecule has 1 saturated heterocycles. The van der Waals surface area contributed by atoms with Gasteiger partial charge in [-0.15, -0.1) is 0 Å². The van der Waals surface area contributed by atoms with E-state index in [1.165, 1.54) is 0 Å². The molecule has 2 aromatic carbocycles. The average Bonchev–Trinajstić information content (AvgIpc) is 3.59. The summed E-state index contributed by atoms with van der Waals surface area (Å²) < 4.78 is 6.36. The molecule has 3 N–H and O–H groups in total. The van der Waals surface area contributed by atoms with Gasteiger partial charge in [0.2, 0.25) is 0 Å². The Kier molecular flexibility index (Phi) is 9.67. The minimum Gasteiger partial charge on any atom is -0.491 e. The maximum absolute atomic E-state index is 13.9. The first kappa shape index (κ1) is 31.8. The first-order valence-corrected chi connectivity index (χ1v) is 15.0. The normalized spacial score (nSPS) is 14.6. The van der Waals surface area contributed by atoms with Crippen LogP contribution < -0.4 is 19.9 Å². The van der Waals surface area contributed by atoms with Crippen molar-refractivity contribution in [2.24, 2.45) is 0 Å². The zero-order chi connectivity index (χ0) is 31.5. The average molecular weight is 592 g/mol. The number of amides is 1. The molecule has 0 saturated carbocycles. The topological polar surface area (TPSA) is 126 Å². The first-order chi connectivity index (χ1) is 20.3. The molecule has 1 amide bonds. The Morgan fingerprint density at radius 2 is 1.77 bits per heavy atom. The van der Waals surface area contributed by atoms with Gasteiger partial charge in [-0.05, 0) is 60.9 Å². The fourth-order valence-corrected chi connectivity index (χ4v) is 5.75. The second-order valence-electron chi connectivity index (χ2n) is 12.6. The number of nitrogens with zero attached hydrogens (tertiary/aromatic N) is 3. The monoisotopic (exact) mass is 591 g/mol. The SMILES string of the molecule is CNC(=O)c1cc2c(cc1N(C)C)CN(CC(=O)c1cc(N3CCCC3)c(OCCCCC(=O)O)c(C(C)(C)C)c1)C2=N. The maximum Gasteiger partial charge on any atom is 0.303 e.